The summed E-state index contributed by atoms with van der Waals surface area (Å²) in [5.74, 6) is -2.81. The smallest absolute Gasteiger partial charge is 0.273 e. The van der Waals surface area contributed by atoms with Gasteiger partial charge in [-0.25, -0.2) is 0 Å². The first-order chi connectivity index (χ1) is 10.9. The van der Waals surface area contributed by atoms with Crippen molar-refractivity contribution in [3.63, 3.8) is 0 Å². The maximum atomic E-state index is 12.5. The zero-order chi connectivity index (χ0) is 17.1. The number of carbonyl (C=O) groups is 2. The number of nitro groups is 1. The number of nitriles is 1. The SMILES string of the molecule is Cc1ccc(C(=O)[C@@H](C#N)C(=O)c2cccc([N+](=O)[O-])c2C)s1. The Kier molecular flexibility index (Phi) is 4.67. The van der Waals surface area contributed by atoms with Crippen LogP contribution in [0, 0.1) is 41.2 Å². The second-order valence-corrected chi connectivity index (χ2v) is 6.20. The predicted octanol–water partition coefficient (Wildman–Crippen LogP) is 3.48. The Balaban J connectivity index is 2.42. The largest absolute Gasteiger partial charge is 0.292 e. The molecule has 7 heteroatoms. The van der Waals surface area contributed by atoms with Crippen LogP contribution in [0.4, 0.5) is 5.69 Å². The van der Waals surface area contributed by atoms with E-state index in [4.69, 9.17) is 0 Å². The van der Waals surface area contributed by atoms with Gasteiger partial charge in [0.15, 0.2) is 17.5 Å². The van der Waals surface area contributed by atoms with E-state index in [2.05, 4.69) is 0 Å². The Bertz CT molecular complexity index is 848. The van der Waals surface area contributed by atoms with Crippen LogP contribution >= 0.6 is 11.3 Å². The molecule has 0 fully saturated rings. The van der Waals surface area contributed by atoms with E-state index in [1.807, 2.05) is 6.92 Å². The van der Waals surface area contributed by atoms with E-state index in [1.54, 1.807) is 18.2 Å². The summed E-state index contributed by atoms with van der Waals surface area (Å²) in [6.07, 6.45) is 0. The minimum Gasteiger partial charge on any atom is -0.292 e. The van der Waals surface area contributed by atoms with E-state index in [9.17, 15) is 25.0 Å². The number of thiophene rings is 1. The highest BCUT2D eigenvalue weighted by molar-refractivity contribution is 7.14. The standard InChI is InChI=1S/C16H12N2O4S/c1-9-6-7-14(23-9)16(20)12(8-17)15(19)11-4-3-5-13(10(11)2)18(21)22/h3-7,12H,1-2H3/t12-/m0/s1. The molecule has 0 bridgehead atoms. The summed E-state index contributed by atoms with van der Waals surface area (Å²) in [4.78, 5) is 36.5. The monoisotopic (exact) mass is 328 g/mol. The summed E-state index contributed by atoms with van der Waals surface area (Å²) in [5.41, 5.74) is -0.0442. The molecule has 0 amide bonds. The number of hydrogen-bond acceptors (Lipinski definition) is 6. The van der Waals surface area contributed by atoms with Crippen molar-refractivity contribution >= 4 is 28.6 Å². The Morgan fingerprint density at radius 2 is 1.91 bits per heavy atom. The molecule has 1 aromatic heterocycles. The Morgan fingerprint density at radius 1 is 1.22 bits per heavy atom. The van der Waals surface area contributed by atoms with Crippen LogP contribution in [0.5, 0.6) is 0 Å². The van der Waals surface area contributed by atoms with E-state index >= 15 is 0 Å². The minimum atomic E-state index is -1.51. The minimum absolute atomic E-state index is 0.0207. The lowest BCUT2D eigenvalue weighted by Gasteiger charge is -2.09. The fraction of sp³-hybridized carbons (Fsp3) is 0.188. The van der Waals surface area contributed by atoms with Gasteiger partial charge in [0.2, 0.25) is 0 Å². The third-order valence-electron chi connectivity index (χ3n) is 3.40. The average molecular weight is 328 g/mol. The van der Waals surface area contributed by atoms with Gasteiger partial charge >= 0.3 is 0 Å². The van der Waals surface area contributed by atoms with Gasteiger partial charge in [-0.2, -0.15) is 5.26 Å². The van der Waals surface area contributed by atoms with E-state index in [0.29, 0.717) is 4.88 Å². The lowest BCUT2D eigenvalue weighted by atomic mass is 9.91. The van der Waals surface area contributed by atoms with Crippen molar-refractivity contribution in [3.8, 4) is 6.07 Å². The maximum absolute atomic E-state index is 12.5. The molecule has 1 heterocycles. The summed E-state index contributed by atoms with van der Waals surface area (Å²) >= 11 is 1.20. The number of nitro benzene ring substituents is 1. The summed E-state index contributed by atoms with van der Waals surface area (Å²) in [5, 5.41) is 20.2. The first-order valence-corrected chi connectivity index (χ1v) is 7.47. The molecular formula is C16H12N2O4S. The van der Waals surface area contributed by atoms with Crippen molar-refractivity contribution in [2.24, 2.45) is 5.92 Å². The number of rotatable bonds is 5. The van der Waals surface area contributed by atoms with Crippen LogP contribution in [0.15, 0.2) is 30.3 Å². The Labute approximate surface area is 136 Å². The van der Waals surface area contributed by atoms with Crippen LogP contribution in [0.3, 0.4) is 0 Å². The van der Waals surface area contributed by atoms with Crippen molar-refractivity contribution < 1.29 is 14.5 Å². The molecule has 1 aromatic carbocycles. The second-order valence-electron chi connectivity index (χ2n) is 4.91. The van der Waals surface area contributed by atoms with Gasteiger partial charge in [0.1, 0.15) is 0 Å². The maximum Gasteiger partial charge on any atom is 0.273 e. The number of carbonyl (C=O) groups excluding carboxylic acids is 2. The molecule has 0 saturated carbocycles. The molecule has 0 spiro atoms. The van der Waals surface area contributed by atoms with Crippen molar-refractivity contribution in [2.75, 3.05) is 0 Å². The zero-order valence-corrected chi connectivity index (χ0v) is 13.2. The third-order valence-corrected chi connectivity index (χ3v) is 4.42. The molecular weight excluding hydrogens is 316 g/mol. The summed E-state index contributed by atoms with van der Waals surface area (Å²) in [6.45, 7) is 3.24. The molecule has 116 valence electrons. The van der Waals surface area contributed by atoms with E-state index in [-0.39, 0.29) is 16.8 Å². The molecule has 0 unspecified atom stereocenters. The fourth-order valence-electron chi connectivity index (χ4n) is 2.19. The highest BCUT2D eigenvalue weighted by Gasteiger charge is 2.31. The number of benzene rings is 1. The molecule has 0 aliphatic heterocycles. The Morgan fingerprint density at radius 3 is 2.43 bits per heavy atom. The third kappa shape index (κ3) is 3.17. The first-order valence-electron chi connectivity index (χ1n) is 6.65. The predicted molar refractivity (Wildman–Crippen MR) is 84.7 cm³/mol. The molecule has 0 aliphatic carbocycles. The van der Waals surface area contributed by atoms with Gasteiger partial charge in [-0.3, -0.25) is 19.7 Å². The van der Waals surface area contributed by atoms with Gasteiger partial charge in [0.05, 0.1) is 15.9 Å². The zero-order valence-electron chi connectivity index (χ0n) is 12.4. The molecule has 0 saturated heterocycles. The molecule has 1 atom stereocenters. The molecule has 6 nitrogen and oxygen atoms in total. The lowest BCUT2D eigenvalue weighted by molar-refractivity contribution is -0.385. The highest BCUT2D eigenvalue weighted by Crippen LogP contribution is 2.26. The lowest BCUT2D eigenvalue weighted by Crippen LogP contribution is -2.23. The number of hydrogen-bond donors (Lipinski definition) is 0. The van der Waals surface area contributed by atoms with Gasteiger partial charge in [-0.15, -0.1) is 11.3 Å². The number of nitrogens with zero attached hydrogens (tertiary/aromatic N) is 2. The van der Waals surface area contributed by atoms with Crippen LogP contribution in [0.2, 0.25) is 0 Å². The normalized spacial score (nSPS) is 11.5. The van der Waals surface area contributed by atoms with Crippen LogP contribution in [0.1, 0.15) is 30.5 Å². The van der Waals surface area contributed by atoms with Gasteiger partial charge in [-0.05, 0) is 26.0 Å². The quantitative estimate of drug-likeness (QED) is 0.362. The van der Waals surface area contributed by atoms with Gasteiger partial charge < -0.3 is 0 Å². The van der Waals surface area contributed by atoms with Crippen molar-refractivity contribution in [2.45, 2.75) is 13.8 Å². The van der Waals surface area contributed by atoms with E-state index in [0.717, 1.165) is 4.88 Å². The van der Waals surface area contributed by atoms with Crippen molar-refractivity contribution in [3.05, 3.63) is 61.3 Å². The molecule has 2 aromatic rings. The van der Waals surface area contributed by atoms with Crippen LogP contribution < -0.4 is 0 Å². The summed E-state index contributed by atoms with van der Waals surface area (Å²) in [6, 6.07) is 9.06. The molecule has 23 heavy (non-hydrogen) atoms. The van der Waals surface area contributed by atoms with Crippen LogP contribution in [-0.4, -0.2) is 16.5 Å². The average Bonchev–Trinajstić information content (AvgIpc) is 2.94. The van der Waals surface area contributed by atoms with Gasteiger partial charge in [0.25, 0.3) is 5.69 Å². The number of aryl methyl sites for hydroxylation is 1. The van der Waals surface area contributed by atoms with E-state index in [1.165, 1.54) is 36.5 Å². The Hall–Kier alpha value is -2.85. The van der Waals surface area contributed by atoms with Crippen LogP contribution in [0.25, 0.3) is 0 Å². The van der Waals surface area contributed by atoms with Crippen LogP contribution in [-0.2, 0) is 0 Å². The first kappa shape index (κ1) is 16.5. The van der Waals surface area contributed by atoms with E-state index < -0.39 is 22.4 Å². The highest BCUT2D eigenvalue weighted by atomic mass is 32.1. The second kappa shape index (κ2) is 6.50. The number of ketones is 2. The number of Topliss-reactive ketones (excluding diaryl/α,β-unsaturated/α-hetero) is 2. The van der Waals surface area contributed by atoms with Crippen molar-refractivity contribution in [1.82, 2.24) is 0 Å². The molecule has 0 N–H and O–H groups in total. The fourth-order valence-corrected chi connectivity index (χ4v) is 3.03. The topological polar surface area (TPSA) is 101 Å². The van der Waals surface area contributed by atoms with Gasteiger partial charge in [-0.1, -0.05) is 12.1 Å². The van der Waals surface area contributed by atoms with Crippen molar-refractivity contribution in [1.29, 1.82) is 5.26 Å². The van der Waals surface area contributed by atoms with Gasteiger partial charge in [0, 0.05) is 22.1 Å². The summed E-state index contributed by atoms with van der Waals surface area (Å²) in [7, 11) is 0. The summed E-state index contributed by atoms with van der Waals surface area (Å²) < 4.78 is 0. The molecule has 2 rings (SSSR count). The molecule has 0 radical (unpaired) electrons. The molecule has 0 aliphatic rings.